The first-order valence-corrected chi connectivity index (χ1v) is 7.95. The third-order valence-electron chi connectivity index (χ3n) is 6.40. The number of nitrogens with one attached hydrogen (secondary N) is 1. The van der Waals surface area contributed by atoms with E-state index in [-0.39, 0.29) is 11.4 Å². The van der Waals surface area contributed by atoms with E-state index in [9.17, 15) is 24.9 Å². The van der Waals surface area contributed by atoms with Crippen molar-refractivity contribution in [3.63, 3.8) is 0 Å². The smallest absolute Gasteiger partial charge is 0.269 e. The van der Waals surface area contributed by atoms with Crippen molar-refractivity contribution in [3.05, 3.63) is 34.4 Å². The standard InChI is InChI=1S/C17H19N3O5/c1-15(2)16(3)8-9-17(15,13(21)12(16)19-23)14(22)18-10-4-6-11(7-5-10)20(24)25/h4-7,23H,8-9H2,1-3H3,(H,18,22). The van der Waals surface area contributed by atoms with Crippen LogP contribution in [0.25, 0.3) is 0 Å². The number of fused-ring (bicyclic) bond motifs is 2. The van der Waals surface area contributed by atoms with E-state index in [4.69, 9.17) is 0 Å². The quantitative estimate of drug-likeness (QED) is 0.377. The second-order valence-electron chi connectivity index (χ2n) is 7.40. The Morgan fingerprint density at radius 1 is 1.24 bits per heavy atom. The summed E-state index contributed by atoms with van der Waals surface area (Å²) >= 11 is 0. The summed E-state index contributed by atoms with van der Waals surface area (Å²) < 4.78 is 0. The van der Waals surface area contributed by atoms with Crippen LogP contribution in [0.3, 0.4) is 0 Å². The molecular weight excluding hydrogens is 326 g/mol. The summed E-state index contributed by atoms with van der Waals surface area (Å²) in [6, 6.07) is 5.42. The van der Waals surface area contributed by atoms with Gasteiger partial charge in [0.25, 0.3) is 5.69 Å². The number of hydrogen-bond acceptors (Lipinski definition) is 6. The van der Waals surface area contributed by atoms with Crippen LogP contribution in [-0.2, 0) is 9.59 Å². The molecule has 8 nitrogen and oxygen atoms in total. The van der Waals surface area contributed by atoms with Crippen molar-refractivity contribution in [1.29, 1.82) is 0 Å². The van der Waals surface area contributed by atoms with Gasteiger partial charge in [0.15, 0.2) is 5.78 Å². The number of ketones is 1. The molecule has 2 atom stereocenters. The summed E-state index contributed by atoms with van der Waals surface area (Å²) in [5.74, 6) is -0.924. The van der Waals surface area contributed by atoms with E-state index < -0.39 is 32.9 Å². The van der Waals surface area contributed by atoms with Crippen molar-refractivity contribution in [1.82, 2.24) is 0 Å². The predicted molar refractivity (Wildman–Crippen MR) is 89.5 cm³/mol. The van der Waals surface area contributed by atoms with Gasteiger partial charge in [-0.2, -0.15) is 0 Å². The number of hydrogen-bond donors (Lipinski definition) is 2. The van der Waals surface area contributed by atoms with Crippen molar-refractivity contribution in [3.8, 4) is 0 Å². The number of benzene rings is 1. The lowest BCUT2D eigenvalue weighted by Crippen LogP contribution is -2.47. The minimum absolute atomic E-state index is 0.0441. The number of anilines is 1. The fraction of sp³-hybridized carbons (Fsp3) is 0.471. The maximum absolute atomic E-state index is 13.0. The fourth-order valence-electron chi connectivity index (χ4n) is 4.36. The van der Waals surface area contributed by atoms with Crippen molar-refractivity contribution in [2.24, 2.45) is 21.4 Å². The first-order chi connectivity index (χ1) is 11.6. The SMILES string of the molecule is CC12CCC(C(=O)Nc3ccc([N+](=O)[O-])cc3)(C(=O)C1=NO)C2(C)C. The summed E-state index contributed by atoms with van der Waals surface area (Å²) in [4.78, 5) is 36.1. The number of Topliss-reactive ketones (excluding diaryl/α,β-unsaturated/α-hetero) is 1. The number of nitrogens with zero attached hydrogens (tertiary/aromatic N) is 2. The molecule has 1 aromatic rings. The van der Waals surface area contributed by atoms with Gasteiger partial charge in [-0.3, -0.25) is 19.7 Å². The van der Waals surface area contributed by atoms with Crippen molar-refractivity contribution in [2.75, 3.05) is 5.32 Å². The molecule has 25 heavy (non-hydrogen) atoms. The molecule has 1 amide bonds. The van der Waals surface area contributed by atoms with Crippen LogP contribution in [0.2, 0.25) is 0 Å². The molecule has 8 heteroatoms. The highest BCUT2D eigenvalue weighted by molar-refractivity contribution is 6.51. The summed E-state index contributed by atoms with van der Waals surface area (Å²) in [7, 11) is 0. The average molecular weight is 345 g/mol. The summed E-state index contributed by atoms with van der Waals surface area (Å²) in [6.45, 7) is 5.52. The van der Waals surface area contributed by atoms with E-state index in [1.165, 1.54) is 24.3 Å². The number of non-ortho nitro benzene ring substituents is 1. The summed E-state index contributed by atoms with van der Waals surface area (Å²) in [5, 5.41) is 25.9. The first-order valence-electron chi connectivity index (χ1n) is 7.95. The Balaban J connectivity index is 1.96. The fourth-order valence-corrected chi connectivity index (χ4v) is 4.36. The highest BCUT2D eigenvalue weighted by atomic mass is 16.6. The second kappa shape index (κ2) is 5.11. The minimum Gasteiger partial charge on any atom is -0.411 e. The van der Waals surface area contributed by atoms with Gasteiger partial charge >= 0.3 is 0 Å². The molecule has 0 radical (unpaired) electrons. The molecule has 0 saturated heterocycles. The molecule has 3 rings (SSSR count). The van der Waals surface area contributed by atoms with Gasteiger partial charge in [0.2, 0.25) is 5.91 Å². The lowest BCUT2D eigenvalue weighted by molar-refractivity contribution is -0.384. The zero-order valence-electron chi connectivity index (χ0n) is 14.2. The topological polar surface area (TPSA) is 122 Å². The molecule has 0 aromatic heterocycles. The molecular formula is C17H19N3O5. The Morgan fingerprint density at radius 3 is 2.32 bits per heavy atom. The van der Waals surface area contributed by atoms with Crippen LogP contribution in [0.1, 0.15) is 33.6 Å². The van der Waals surface area contributed by atoms with Crippen LogP contribution in [0, 0.1) is 26.4 Å². The molecule has 2 N–H and O–H groups in total. The van der Waals surface area contributed by atoms with Gasteiger partial charge in [-0.1, -0.05) is 25.9 Å². The van der Waals surface area contributed by atoms with Crippen molar-refractivity contribution >= 4 is 28.8 Å². The van der Waals surface area contributed by atoms with Crippen LogP contribution in [0.4, 0.5) is 11.4 Å². The zero-order valence-corrected chi connectivity index (χ0v) is 14.2. The van der Waals surface area contributed by atoms with E-state index in [1.54, 1.807) is 0 Å². The highest BCUT2D eigenvalue weighted by Crippen LogP contribution is 2.69. The minimum atomic E-state index is -1.31. The molecule has 2 bridgehead atoms. The molecule has 2 saturated carbocycles. The van der Waals surface area contributed by atoms with Gasteiger partial charge in [-0.05, 0) is 30.4 Å². The Bertz CT molecular complexity index is 814. The summed E-state index contributed by atoms with van der Waals surface area (Å²) in [5.41, 5.74) is -2.38. The van der Waals surface area contributed by atoms with Gasteiger partial charge in [0, 0.05) is 23.2 Å². The van der Waals surface area contributed by atoms with E-state index in [0.717, 1.165) is 0 Å². The molecule has 132 valence electrons. The molecule has 0 aliphatic heterocycles. The molecule has 2 unspecified atom stereocenters. The number of nitro benzene ring substituents is 1. The largest absolute Gasteiger partial charge is 0.411 e. The first kappa shape index (κ1) is 17.1. The van der Waals surface area contributed by atoms with Gasteiger partial charge in [0.1, 0.15) is 11.1 Å². The van der Waals surface area contributed by atoms with Gasteiger partial charge in [0.05, 0.1) is 4.92 Å². The van der Waals surface area contributed by atoms with E-state index >= 15 is 0 Å². The number of carbonyl (C=O) groups is 2. The Labute approximate surface area is 144 Å². The Morgan fingerprint density at radius 2 is 1.84 bits per heavy atom. The lowest BCUT2D eigenvalue weighted by Gasteiger charge is -2.37. The molecule has 2 aliphatic carbocycles. The Kier molecular flexibility index (Phi) is 3.49. The van der Waals surface area contributed by atoms with E-state index in [0.29, 0.717) is 18.5 Å². The number of carbonyl (C=O) groups excluding carboxylic acids is 2. The lowest BCUT2D eigenvalue weighted by atomic mass is 9.64. The van der Waals surface area contributed by atoms with Crippen LogP contribution in [-0.4, -0.2) is 27.5 Å². The van der Waals surface area contributed by atoms with Crippen LogP contribution < -0.4 is 5.32 Å². The number of rotatable bonds is 3. The molecule has 0 spiro atoms. The molecule has 2 fully saturated rings. The van der Waals surface area contributed by atoms with Crippen LogP contribution in [0.5, 0.6) is 0 Å². The normalized spacial score (nSPS) is 31.3. The van der Waals surface area contributed by atoms with Crippen LogP contribution in [0.15, 0.2) is 29.4 Å². The average Bonchev–Trinajstić information content (AvgIpc) is 2.83. The predicted octanol–water partition coefficient (Wildman–Crippen LogP) is 2.76. The number of nitro groups is 1. The van der Waals surface area contributed by atoms with E-state index in [1.807, 2.05) is 20.8 Å². The summed E-state index contributed by atoms with van der Waals surface area (Å²) in [6.07, 6.45) is 0.936. The van der Waals surface area contributed by atoms with Gasteiger partial charge < -0.3 is 10.5 Å². The molecule has 2 aliphatic rings. The number of oxime groups is 1. The molecule has 1 aromatic carbocycles. The third kappa shape index (κ3) is 1.90. The second-order valence-corrected chi connectivity index (χ2v) is 7.40. The number of amides is 1. The highest BCUT2D eigenvalue weighted by Gasteiger charge is 2.76. The van der Waals surface area contributed by atoms with E-state index in [2.05, 4.69) is 10.5 Å². The maximum Gasteiger partial charge on any atom is 0.269 e. The maximum atomic E-state index is 13.0. The van der Waals surface area contributed by atoms with Gasteiger partial charge in [-0.15, -0.1) is 0 Å². The van der Waals surface area contributed by atoms with Crippen LogP contribution >= 0.6 is 0 Å². The van der Waals surface area contributed by atoms with Gasteiger partial charge in [-0.25, -0.2) is 0 Å². The zero-order chi connectivity index (χ0) is 18.6. The van der Waals surface area contributed by atoms with Crippen molar-refractivity contribution < 1.29 is 19.7 Å². The molecule has 0 heterocycles. The van der Waals surface area contributed by atoms with Crippen molar-refractivity contribution in [2.45, 2.75) is 33.6 Å². The third-order valence-corrected chi connectivity index (χ3v) is 6.40. The Hall–Kier alpha value is -2.77. The monoisotopic (exact) mass is 345 g/mol.